The van der Waals surface area contributed by atoms with Crippen LogP contribution in [-0.2, 0) is 4.79 Å². The minimum absolute atomic E-state index is 0.405. The fraction of sp³-hybridized carbons (Fsp3) is 0.571. The molecule has 2 fully saturated rings. The number of hydrogen-bond donors (Lipinski definition) is 0. The van der Waals surface area contributed by atoms with Gasteiger partial charge in [0.25, 0.3) is 0 Å². The van der Waals surface area contributed by atoms with Crippen molar-refractivity contribution in [1.29, 1.82) is 0 Å². The number of carbonyl (C=O) groups excluding carboxylic acids is 1. The van der Waals surface area contributed by atoms with Crippen LogP contribution in [0.1, 0.15) is 6.42 Å². The van der Waals surface area contributed by atoms with E-state index in [-0.39, 0.29) is 0 Å². The minimum Gasteiger partial charge on any atom is -0.299 e. The Bertz CT molecular complexity index is 233. The summed E-state index contributed by atoms with van der Waals surface area (Å²) < 4.78 is 0. The van der Waals surface area contributed by atoms with Crippen molar-refractivity contribution in [3.05, 3.63) is 11.5 Å². The summed E-state index contributed by atoms with van der Waals surface area (Å²) >= 11 is 1.84. The van der Waals surface area contributed by atoms with Crippen molar-refractivity contribution in [2.75, 3.05) is 0 Å². The van der Waals surface area contributed by atoms with E-state index in [1.54, 1.807) is 0 Å². The average Bonchev–Trinajstić information content (AvgIpc) is 2.20. The molecule has 0 amide bonds. The van der Waals surface area contributed by atoms with Gasteiger partial charge in [0.15, 0.2) is 0 Å². The van der Waals surface area contributed by atoms with Crippen LogP contribution in [0.3, 0.4) is 0 Å². The molecule has 46 valence electrons. The molecule has 0 aromatic carbocycles. The summed E-state index contributed by atoms with van der Waals surface area (Å²) in [6.45, 7) is 0. The molecule has 2 saturated carbocycles. The third kappa shape index (κ3) is 0.291. The molecule has 2 aliphatic carbocycles. The first kappa shape index (κ1) is 4.56. The lowest BCUT2D eigenvalue weighted by Crippen LogP contribution is -2.23. The maximum atomic E-state index is 10.8. The molecule has 0 N–H and O–H groups in total. The van der Waals surface area contributed by atoms with Gasteiger partial charge in [-0.3, -0.25) is 4.79 Å². The van der Waals surface area contributed by atoms with E-state index < -0.39 is 0 Å². The summed E-state index contributed by atoms with van der Waals surface area (Å²) in [6, 6.07) is 0. The van der Waals surface area contributed by atoms with Gasteiger partial charge >= 0.3 is 0 Å². The second kappa shape index (κ2) is 1.01. The Kier molecular flexibility index (Phi) is 0.510. The van der Waals surface area contributed by atoms with Crippen molar-refractivity contribution in [2.45, 2.75) is 11.7 Å². The standard InChI is InChI=1S/C7H6OS/c8-4-3-7-1-2-9-6(7)5(4)7/h1-2,5-6H,3H2. The Morgan fingerprint density at radius 3 is 3.22 bits per heavy atom. The van der Waals surface area contributed by atoms with Crippen LogP contribution in [0.25, 0.3) is 0 Å². The van der Waals surface area contributed by atoms with E-state index in [1.165, 1.54) is 0 Å². The van der Waals surface area contributed by atoms with Crippen molar-refractivity contribution in [3.63, 3.8) is 0 Å². The highest BCUT2D eigenvalue weighted by Gasteiger charge is 2.76. The number of allylic oxidation sites excluding steroid dienone is 1. The van der Waals surface area contributed by atoms with Crippen LogP contribution >= 0.6 is 11.8 Å². The Morgan fingerprint density at radius 1 is 1.78 bits per heavy atom. The van der Waals surface area contributed by atoms with Crippen LogP contribution in [0.2, 0.25) is 0 Å². The van der Waals surface area contributed by atoms with E-state index in [1.807, 2.05) is 11.8 Å². The predicted molar refractivity (Wildman–Crippen MR) is 36.1 cm³/mol. The average molecular weight is 138 g/mol. The number of Topliss-reactive ketones (excluding diaryl/α,β-unsaturated/α-hetero) is 1. The molecule has 1 aliphatic heterocycles. The Morgan fingerprint density at radius 2 is 2.67 bits per heavy atom. The number of rotatable bonds is 0. The monoisotopic (exact) mass is 138 g/mol. The Hall–Kier alpha value is -0.240. The van der Waals surface area contributed by atoms with Gasteiger partial charge in [-0.05, 0) is 5.41 Å². The fourth-order valence-electron chi connectivity index (χ4n) is 2.10. The fourth-order valence-corrected chi connectivity index (χ4v) is 3.64. The van der Waals surface area contributed by atoms with E-state index in [0.29, 0.717) is 22.4 Å². The smallest absolute Gasteiger partial charge is 0.138 e. The van der Waals surface area contributed by atoms with Crippen LogP contribution in [0, 0.1) is 11.3 Å². The number of carbonyl (C=O) groups is 1. The molecular weight excluding hydrogens is 132 g/mol. The minimum atomic E-state index is 0.405. The highest BCUT2D eigenvalue weighted by Crippen LogP contribution is 2.74. The van der Waals surface area contributed by atoms with Crippen LogP contribution in [0.4, 0.5) is 0 Å². The van der Waals surface area contributed by atoms with Gasteiger partial charge in [-0.25, -0.2) is 0 Å². The molecular formula is C7H6OS. The molecule has 2 heteroatoms. The first-order valence-electron chi connectivity index (χ1n) is 3.20. The van der Waals surface area contributed by atoms with Gasteiger partial charge in [-0.1, -0.05) is 6.08 Å². The van der Waals surface area contributed by atoms with E-state index in [9.17, 15) is 4.79 Å². The lowest BCUT2D eigenvalue weighted by atomic mass is 9.84. The Balaban J connectivity index is 2.08. The molecule has 9 heavy (non-hydrogen) atoms. The quantitative estimate of drug-likeness (QED) is 0.500. The number of thioether (sulfide) groups is 1. The summed E-state index contributed by atoms with van der Waals surface area (Å²) in [7, 11) is 0. The largest absolute Gasteiger partial charge is 0.299 e. The van der Waals surface area contributed by atoms with Crippen LogP contribution < -0.4 is 0 Å². The van der Waals surface area contributed by atoms with Gasteiger partial charge in [0.1, 0.15) is 5.78 Å². The second-order valence-electron chi connectivity index (χ2n) is 3.09. The van der Waals surface area contributed by atoms with Crippen molar-refractivity contribution < 1.29 is 4.79 Å². The summed E-state index contributed by atoms with van der Waals surface area (Å²) in [4.78, 5) is 10.8. The van der Waals surface area contributed by atoms with Gasteiger partial charge in [-0.2, -0.15) is 0 Å². The molecule has 0 aromatic rings. The highest BCUT2D eigenvalue weighted by atomic mass is 32.2. The van der Waals surface area contributed by atoms with Gasteiger partial charge in [-0.15, -0.1) is 11.8 Å². The molecule has 0 aromatic heterocycles. The molecule has 3 atom stereocenters. The summed E-state index contributed by atoms with van der Waals surface area (Å²) in [5.74, 6) is 0.948. The predicted octanol–water partition coefficient (Wildman–Crippen LogP) is 1.20. The number of ketones is 1. The third-order valence-electron chi connectivity index (χ3n) is 2.73. The van der Waals surface area contributed by atoms with E-state index in [4.69, 9.17) is 0 Å². The molecule has 0 bridgehead atoms. The summed E-state index contributed by atoms with van der Waals surface area (Å²) in [5.41, 5.74) is 0.405. The van der Waals surface area contributed by atoms with E-state index in [0.717, 1.165) is 6.42 Å². The molecule has 3 rings (SSSR count). The van der Waals surface area contributed by atoms with Crippen molar-refractivity contribution in [1.82, 2.24) is 0 Å². The summed E-state index contributed by atoms with van der Waals surface area (Å²) in [6.07, 6.45) is 3.07. The lowest BCUT2D eigenvalue weighted by molar-refractivity contribution is -0.126. The normalized spacial score (nSPS) is 58.4. The molecule has 1 heterocycles. The van der Waals surface area contributed by atoms with Gasteiger partial charge in [0.05, 0.1) is 0 Å². The van der Waals surface area contributed by atoms with Gasteiger partial charge in [0.2, 0.25) is 0 Å². The highest BCUT2D eigenvalue weighted by molar-refractivity contribution is 8.03. The zero-order valence-corrected chi connectivity index (χ0v) is 5.65. The van der Waals surface area contributed by atoms with E-state index in [2.05, 4.69) is 11.5 Å². The summed E-state index contributed by atoms with van der Waals surface area (Å²) in [5, 5.41) is 2.82. The zero-order chi connectivity index (χ0) is 6.06. The third-order valence-corrected chi connectivity index (χ3v) is 4.03. The first-order valence-corrected chi connectivity index (χ1v) is 4.15. The molecule has 3 unspecified atom stereocenters. The Labute approximate surface area is 57.5 Å². The molecule has 3 aliphatic rings. The van der Waals surface area contributed by atoms with Crippen molar-refractivity contribution in [3.8, 4) is 0 Å². The number of hydrogen-bond acceptors (Lipinski definition) is 2. The number of fused-ring (bicyclic) bond motifs is 1. The molecule has 1 nitrogen and oxygen atoms in total. The lowest BCUT2D eigenvalue weighted by Gasteiger charge is -2.17. The maximum Gasteiger partial charge on any atom is 0.138 e. The molecule has 0 saturated heterocycles. The van der Waals surface area contributed by atoms with Crippen LogP contribution in [0.15, 0.2) is 11.5 Å². The van der Waals surface area contributed by atoms with Crippen molar-refractivity contribution in [2.24, 2.45) is 11.3 Å². The van der Waals surface area contributed by atoms with Crippen LogP contribution in [-0.4, -0.2) is 11.0 Å². The van der Waals surface area contributed by atoms with Crippen LogP contribution in [0.5, 0.6) is 0 Å². The SMILES string of the molecule is O=C1CC23C=CSC2C13. The maximum absolute atomic E-state index is 10.8. The molecule has 0 radical (unpaired) electrons. The second-order valence-corrected chi connectivity index (χ2v) is 4.14. The topological polar surface area (TPSA) is 17.1 Å². The van der Waals surface area contributed by atoms with Crippen molar-refractivity contribution >= 4 is 17.5 Å². The zero-order valence-electron chi connectivity index (χ0n) is 4.83. The van der Waals surface area contributed by atoms with E-state index >= 15 is 0 Å². The first-order chi connectivity index (χ1) is 4.34. The van der Waals surface area contributed by atoms with Gasteiger partial charge < -0.3 is 0 Å². The van der Waals surface area contributed by atoms with Gasteiger partial charge in [0, 0.05) is 23.0 Å². The molecule has 1 spiro atoms.